The Kier molecular flexibility index (Phi) is 5.65. The average molecular weight is 289 g/mol. The van der Waals surface area contributed by atoms with Gasteiger partial charge < -0.3 is 5.32 Å². The zero-order valence-electron chi connectivity index (χ0n) is 10.2. The van der Waals surface area contributed by atoms with E-state index in [9.17, 15) is 8.42 Å². The number of para-hydroxylation sites is 1. The third kappa shape index (κ3) is 4.33. The van der Waals surface area contributed by atoms with Gasteiger partial charge in [-0.05, 0) is 18.6 Å². The maximum absolute atomic E-state index is 12.1. The molecule has 0 aliphatic heterocycles. The van der Waals surface area contributed by atoms with Crippen molar-refractivity contribution < 1.29 is 8.42 Å². The van der Waals surface area contributed by atoms with Crippen LogP contribution >= 0.6 is 11.6 Å². The van der Waals surface area contributed by atoms with Crippen molar-refractivity contribution in [3.8, 4) is 0 Å². The van der Waals surface area contributed by atoms with Crippen LogP contribution in [0.3, 0.4) is 0 Å². The molecule has 0 spiro atoms. The SMILES string of the molecule is C=C(Cl)CNc1ccccc1S(=O)(=O)NCCC. The number of sulfonamides is 1. The van der Waals surface area contributed by atoms with E-state index < -0.39 is 10.0 Å². The molecule has 1 rings (SSSR count). The Hall–Kier alpha value is -1.04. The fourth-order valence-electron chi connectivity index (χ4n) is 1.35. The Bertz CT molecular complexity index is 515. The first-order valence-electron chi connectivity index (χ1n) is 5.63. The Balaban J connectivity index is 2.97. The van der Waals surface area contributed by atoms with Crippen LogP contribution in [0.25, 0.3) is 0 Å². The summed E-state index contributed by atoms with van der Waals surface area (Å²) in [5.41, 5.74) is 0.517. The summed E-state index contributed by atoms with van der Waals surface area (Å²) in [5, 5.41) is 3.36. The fraction of sp³-hybridized carbons (Fsp3) is 0.333. The summed E-state index contributed by atoms with van der Waals surface area (Å²) in [6, 6.07) is 6.69. The highest BCUT2D eigenvalue weighted by Crippen LogP contribution is 2.20. The van der Waals surface area contributed by atoms with Crippen LogP contribution in [0.4, 0.5) is 5.69 Å². The predicted molar refractivity (Wildman–Crippen MR) is 75.4 cm³/mol. The summed E-state index contributed by atoms with van der Waals surface area (Å²) < 4.78 is 26.6. The number of hydrogen-bond donors (Lipinski definition) is 2. The molecule has 6 heteroatoms. The molecular weight excluding hydrogens is 272 g/mol. The lowest BCUT2D eigenvalue weighted by Gasteiger charge is -2.12. The number of nitrogens with one attached hydrogen (secondary N) is 2. The van der Waals surface area contributed by atoms with E-state index in [1.54, 1.807) is 24.3 Å². The van der Waals surface area contributed by atoms with E-state index in [2.05, 4.69) is 16.6 Å². The van der Waals surface area contributed by atoms with Gasteiger partial charge in [-0.3, -0.25) is 0 Å². The average Bonchev–Trinajstić information content (AvgIpc) is 2.34. The monoisotopic (exact) mass is 288 g/mol. The van der Waals surface area contributed by atoms with Crippen LogP contribution in [-0.4, -0.2) is 21.5 Å². The molecule has 0 radical (unpaired) electrons. The van der Waals surface area contributed by atoms with Gasteiger partial charge in [0.1, 0.15) is 4.90 Å². The van der Waals surface area contributed by atoms with E-state index in [0.717, 1.165) is 6.42 Å². The largest absolute Gasteiger partial charge is 0.379 e. The van der Waals surface area contributed by atoms with Crippen molar-refractivity contribution in [2.24, 2.45) is 0 Å². The molecule has 0 bridgehead atoms. The van der Waals surface area contributed by atoms with Crippen molar-refractivity contribution >= 4 is 27.3 Å². The van der Waals surface area contributed by atoms with Crippen LogP contribution in [0.15, 0.2) is 40.8 Å². The van der Waals surface area contributed by atoms with Crippen LogP contribution in [0.1, 0.15) is 13.3 Å². The summed E-state index contributed by atoms with van der Waals surface area (Å²) in [5.74, 6) is 0. The van der Waals surface area contributed by atoms with E-state index in [1.165, 1.54) is 0 Å². The first-order valence-corrected chi connectivity index (χ1v) is 7.49. The molecule has 18 heavy (non-hydrogen) atoms. The highest BCUT2D eigenvalue weighted by Gasteiger charge is 2.16. The van der Waals surface area contributed by atoms with Gasteiger partial charge in [-0.25, -0.2) is 13.1 Å². The van der Waals surface area contributed by atoms with Gasteiger partial charge in [-0.1, -0.05) is 37.2 Å². The zero-order valence-corrected chi connectivity index (χ0v) is 11.8. The predicted octanol–water partition coefficient (Wildman–Crippen LogP) is 2.54. The quantitative estimate of drug-likeness (QED) is 0.811. The third-order valence-electron chi connectivity index (χ3n) is 2.19. The Morgan fingerprint density at radius 2 is 2.06 bits per heavy atom. The maximum Gasteiger partial charge on any atom is 0.242 e. The topological polar surface area (TPSA) is 58.2 Å². The van der Waals surface area contributed by atoms with Crippen LogP contribution in [0.2, 0.25) is 0 Å². The van der Waals surface area contributed by atoms with Crippen molar-refractivity contribution in [1.29, 1.82) is 0 Å². The zero-order chi connectivity index (χ0) is 13.6. The molecule has 0 saturated heterocycles. The molecule has 0 saturated carbocycles. The molecule has 0 heterocycles. The molecular formula is C12H17ClN2O2S. The van der Waals surface area contributed by atoms with Gasteiger partial charge in [-0.15, -0.1) is 0 Å². The van der Waals surface area contributed by atoms with Crippen LogP contribution in [0, 0.1) is 0 Å². The van der Waals surface area contributed by atoms with E-state index in [4.69, 9.17) is 11.6 Å². The van der Waals surface area contributed by atoms with Crippen molar-refractivity contribution in [3.05, 3.63) is 35.9 Å². The molecule has 100 valence electrons. The minimum Gasteiger partial charge on any atom is -0.379 e. The fourth-order valence-corrected chi connectivity index (χ4v) is 2.73. The Morgan fingerprint density at radius 3 is 2.67 bits per heavy atom. The minimum absolute atomic E-state index is 0.219. The van der Waals surface area contributed by atoms with Crippen molar-refractivity contribution in [2.75, 3.05) is 18.4 Å². The first kappa shape index (κ1) is 15.0. The summed E-state index contributed by atoms with van der Waals surface area (Å²) >= 11 is 5.66. The van der Waals surface area contributed by atoms with Gasteiger partial charge in [-0.2, -0.15) is 0 Å². The van der Waals surface area contributed by atoms with Gasteiger partial charge in [0.2, 0.25) is 10.0 Å². The summed E-state index contributed by atoms with van der Waals surface area (Å²) in [6.07, 6.45) is 0.743. The molecule has 0 aliphatic carbocycles. The normalized spacial score (nSPS) is 11.2. The second-order valence-corrected chi connectivity index (χ2v) is 6.03. The van der Waals surface area contributed by atoms with E-state index in [-0.39, 0.29) is 4.90 Å². The summed E-state index contributed by atoms with van der Waals surface area (Å²) in [6.45, 7) is 6.19. The molecule has 1 aromatic rings. The van der Waals surface area contributed by atoms with Crippen molar-refractivity contribution in [1.82, 2.24) is 4.72 Å². The van der Waals surface area contributed by atoms with Gasteiger partial charge >= 0.3 is 0 Å². The first-order chi connectivity index (χ1) is 8.47. The minimum atomic E-state index is -3.49. The molecule has 0 fully saturated rings. The lowest BCUT2D eigenvalue weighted by Crippen LogP contribution is -2.25. The maximum atomic E-state index is 12.1. The molecule has 4 nitrogen and oxygen atoms in total. The van der Waals surface area contributed by atoms with E-state index >= 15 is 0 Å². The van der Waals surface area contributed by atoms with E-state index in [0.29, 0.717) is 23.8 Å². The standard InChI is InChI=1S/C12H17ClN2O2S/c1-3-8-15-18(16,17)12-7-5-4-6-11(12)14-9-10(2)13/h4-7,14-15H,2-3,8-9H2,1H3. The van der Waals surface area contributed by atoms with Gasteiger partial charge in [0.05, 0.1) is 12.2 Å². The van der Waals surface area contributed by atoms with Gasteiger partial charge in [0, 0.05) is 11.6 Å². The van der Waals surface area contributed by atoms with Crippen LogP contribution < -0.4 is 10.0 Å². The Morgan fingerprint density at radius 1 is 1.39 bits per heavy atom. The van der Waals surface area contributed by atoms with Gasteiger partial charge in [0.25, 0.3) is 0 Å². The second-order valence-electron chi connectivity index (χ2n) is 3.76. The number of hydrogen-bond acceptors (Lipinski definition) is 3. The number of halogens is 1. The summed E-state index contributed by atoms with van der Waals surface area (Å²) in [4.78, 5) is 0.219. The highest BCUT2D eigenvalue weighted by atomic mass is 35.5. The van der Waals surface area contributed by atoms with Gasteiger partial charge in [0.15, 0.2) is 0 Å². The number of anilines is 1. The third-order valence-corrected chi connectivity index (χ3v) is 3.84. The Labute approximate surface area is 113 Å². The van der Waals surface area contributed by atoms with E-state index in [1.807, 2.05) is 6.92 Å². The molecule has 1 aromatic carbocycles. The lowest BCUT2D eigenvalue weighted by molar-refractivity contribution is 0.581. The van der Waals surface area contributed by atoms with Crippen LogP contribution in [-0.2, 0) is 10.0 Å². The second kappa shape index (κ2) is 6.78. The molecule has 0 atom stereocenters. The summed E-state index contributed by atoms with van der Waals surface area (Å²) in [7, 11) is -3.49. The number of benzene rings is 1. The van der Waals surface area contributed by atoms with Crippen molar-refractivity contribution in [3.63, 3.8) is 0 Å². The van der Waals surface area contributed by atoms with Crippen molar-refractivity contribution in [2.45, 2.75) is 18.2 Å². The van der Waals surface area contributed by atoms with Crippen LogP contribution in [0.5, 0.6) is 0 Å². The molecule has 0 aromatic heterocycles. The molecule has 0 aliphatic rings. The highest BCUT2D eigenvalue weighted by molar-refractivity contribution is 7.89. The number of rotatable bonds is 7. The molecule has 0 amide bonds. The molecule has 0 unspecified atom stereocenters. The molecule has 2 N–H and O–H groups in total. The smallest absolute Gasteiger partial charge is 0.242 e. The lowest BCUT2D eigenvalue weighted by atomic mass is 10.3.